The van der Waals surface area contributed by atoms with Gasteiger partial charge in [0.05, 0.1) is 12.2 Å². The van der Waals surface area contributed by atoms with E-state index in [0.29, 0.717) is 58.0 Å². The first-order valence-electron chi connectivity index (χ1n) is 29.1. The lowest BCUT2D eigenvalue weighted by Crippen LogP contribution is -2.59. The summed E-state index contributed by atoms with van der Waals surface area (Å²) in [5, 5.41) is 37.0. The molecule has 4 aromatic rings. The Morgan fingerprint density at radius 1 is 0.581 bits per heavy atom. The number of alkyl halides is 3. The van der Waals surface area contributed by atoms with E-state index < -0.39 is 82.4 Å². The van der Waals surface area contributed by atoms with Crippen molar-refractivity contribution >= 4 is 81.9 Å². The van der Waals surface area contributed by atoms with Crippen LogP contribution < -0.4 is 21.5 Å². The summed E-state index contributed by atoms with van der Waals surface area (Å²) in [7, 11) is 0. The second kappa shape index (κ2) is 34.3. The number of ketones is 2. The van der Waals surface area contributed by atoms with Crippen LogP contribution in [0, 0.1) is 23.7 Å². The van der Waals surface area contributed by atoms with Gasteiger partial charge < -0.3 is 30.7 Å². The maximum atomic E-state index is 13.2. The van der Waals surface area contributed by atoms with Gasteiger partial charge in [-0.15, -0.1) is 0 Å². The number of hydrogen-bond acceptors (Lipinski definition) is 13. The number of ether oxygens (including phenoxy) is 1. The Morgan fingerprint density at radius 3 is 1.33 bits per heavy atom. The number of carboxylic acids is 1. The molecule has 2 aliphatic rings. The number of benzene rings is 4. The van der Waals surface area contributed by atoms with Crippen molar-refractivity contribution in [3.8, 4) is 22.3 Å². The molecule has 2 heterocycles. The quantitative estimate of drug-likeness (QED) is 0.0241. The molecule has 470 valence electrons. The number of rotatable bonds is 25. The van der Waals surface area contributed by atoms with Crippen LogP contribution in [0.1, 0.15) is 149 Å². The van der Waals surface area contributed by atoms with Crippen LogP contribution in [-0.4, -0.2) is 120 Å². The van der Waals surface area contributed by atoms with E-state index in [1.54, 1.807) is 27.7 Å². The van der Waals surface area contributed by atoms with Crippen molar-refractivity contribution in [1.29, 1.82) is 0 Å². The highest BCUT2D eigenvalue weighted by Crippen LogP contribution is 2.29. The molecule has 0 aliphatic carbocycles. The molecule has 2 fully saturated rings. The predicted octanol–water partition coefficient (Wildman–Crippen LogP) is 9.78. The monoisotopic (exact) mass is 1250 g/mol. The predicted molar refractivity (Wildman–Crippen MR) is 334 cm³/mol. The SMILES string of the molecule is C.CC(C)[C@H](CC(=O)CCc1ccc(-c2cccc([C@@H](C)O)c2)cc1)C(=O)N[C@@H](C)C(=O)N1CCC[C@@H](C(=O)O)N1.CC(C)[C@H](CC(=O)CCc1ccc(-c2cccc([C@@H](C)O)c2)cc1)C(=O)N[C@@H](C)C(=O)N1CCC[C@@H](C(=O)OCC(Cl)(Cl)Cl)N1. The fourth-order valence-electron chi connectivity index (χ4n) is 9.93. The summed E-state index contributed by atoms with van der Waals surface area (Å²) in [5.74, 6) is -4.70. The summed E-state index contributed by atoms with van der Waals surface area (Å²) >= 11 is 16.9. The zero-order chi connectivity index (χ0) is 62.7. The minimum atomic E-state index is -1.74. The Morgan fingerprint density at radius 2 is 0.965 bits per heavy atom. The number of carboxylic acid groups (broad SMARTS) is 1. The lowest BCUT2D eigenvalue weighted by Gasteiger charge is -2.34. The van der Waals surface area contributed by atoms with E-state index in [0.717, 1.165) is 44.5 Å². The molecule has 0 spiro atoms. The lowest BCUT2D eigenvalue weighted by atomic mass is 9.88. The molecule has 0 saturated carbocycles. The number of carbonyl (C=O) groups excluding carboxylic acids is 7. The van der Waals surface area contributed by atoms with Gasteiger partial charge in [-0.3, -0.25) is 48.4 Å². The van der Waals surface area contributed by atoms with Crippen molar-refractivity contribution in [2.24, 2.45) is 23.7 Å². The molecule has 7 N–H and O–H groups in total. The number of Topliss-reactive ketones (excluding diaryl/α,β-unsaturated/α-hetero) is 2. The molecule has 2 saturated heterocycles. The second-order valence-corrected chi connectivity index (χ2v) is 25.3. The number of aryl methyl sites for hydroxylation is 2. The Bertz CT molecular complexity index is 2920. The Labute approximate surface area is 521 Å². The Balaban J connectivity index is 0.000000367. The topological polar surface area (TPSA) is 261 Å². The zero-order valence-electron chi connectivity index (χ0n) is 49.7. The number of aliphatic hydroxyl groups excluding tert-OH is 2. The number of nitrogens with zero attached hydrogens (tertiary/aromatic N) is 2. The van der Waals surface area contributed by atoms with Crippen LogP contribution in [0.3, 0.4) is 0 Å². The second-order valence-electron chi connectivity index (χ2n) is 22.8. The number of aliphatic hydroxyl groups is 2. The maximum Gasteiger partial charge on any atom is 0.325 e. The van der Waals surface area contributed by atoms with Gasteiger partial charge in [0.25, 0.3) is 11.8 Å². The number of aliphatic carboxylic acids is 1. The van der Waals surface area contributed by atoms with Crippen LogP contribution >= 0.6 is 34.8 Å². The first-order chi connectivity index (χ1) is 40.1. The molecule has 4 amide bonds. The largest absolute Gasteiger partial charge is 0.480 e. The Kier molecular flexibility index (Phi) is 28.8. The van der Waals surface area contributed by atoms with Crippen molar-refractivity contribution in [2.45, 2.75) is 167 Å². The lowest BCUT2D eigenvalue weighted by molar-refractivity contribution is -0.153. The Hall–Kier alpha value is -6.25. The zero-order valence-corrected chi connectivity index (χ0v) is 52.0. The molecular weight excluding hydrogens is 1160 g/mol. The minimum absolute atomic E-state index is 0. The van der Waals surface area contributed by atoms with Crippen molar-refractivity contribution < 1.29 is 58.4 Å². The summed E-state index contributed by atoms with van der Waals surface area (Å²) in [5.41, 5.74) is 13.3. The average Bonchev–Trinajstić information content (AvgIpc) is 3.29. The molecule has 8 atom stereocenters. The van der Waals surface area contributed by atoms with Gasteiger partial charge in [-0.25, -0.2) is 10.9 Å². The number of carbonyl (C=O) groups is 8. The number of hydrazine groups is 2. The molecule has 0 aromatic heterocycles. The van der Waals surface area contributed by atoms with E-state index in [1.807, 2.05) is 125 Å². The highest BCUT2D eigenvalue weighted by atomic mass is 35.6. The number of esters is 1. The summed E-state index contributed by atoms with van der Waals surface area (Å²) in [6.45, 7) is 14.4. The van der Waals surface area contributed by atoms with E-state index >= 15 is 0 Å². The molecule has 21 heteroatoms. The van der Waals surface area contributed by atoms with Gasteiger partial charge in [-0.2, -0.15) is 0 Å². The first-order valence-corrected chi connectivity index (χ1v) is 30.2. The van der Waals surface area contributed by atoms with E-state index in [9.17, 15) is 53.7 Å². The minimum Gasteiger partial charge on any atom is -0.480 e. The fraction of sp³-hybridized carbons (Fsp3) is 0.508. The third-order valence-corrected chi connectivity index (χ3v) is 15.5. The number of nitrogens with one attached hydrogen (secondary N) is 4. The average molecular weight is 1250 g/mol. The summed E-state index contributed by atoms with van der Waals surface area (Å²) in [6, 6.07) is 28.1. The van der Waals surface area contributed by atoms with Crippen LogP contribution in [-0.2, 0) is 55.9 Å². The molecule has 0 unspecified atom stereocenters. The van der Waals surface area contributed by atoms with Crippen molar-refractivity contribution in [3.05, 3.63) is 119 Å². The fourth-order valence-corrected chi connectivity index (χ4v) is 10.1. The molecule has 86 heavy (non-hydrogen) atoms. The van der Waals surface area contributed by atoms with Crippen molar-refractivity contribution in [1.82, 2.24) is 31.5 Å². The smallest absolute Gasteiger partial charge is 0.325 e. The standard InChI is InChI=1S/C33H42Cl3N3O6.C31H41N3O6.CH4/c1-20(2)28(18-27(41)15-12-23-10-13-24(14-11-23)26-8-5-7-25(17-26)22(4)40)30(42)37-21(3)31(43)39-16-6-9-29(38-39)32(44)45-19-33(34,35)36;1-19(2)27(29(37)32-20(3)30(38)34-16-6-9-28(33-34)31(39)40)18-26(36)15-12-22-10-13-23(14-11-22)25-8-5-7-24(17-25)21(4)35;/h5,7-8,10-11,13-14,17,20-22,28-29,38,40H,6,9,12,15-16,18-19H2,1-4H3,(H,37,42);5,7-8,10-11,13-14,17,19-21,27-28,33,35H,6,9,12,15-16,18H2,1-4H3,(H,32,37)(H,39,40);1H4/t21-,22+,28-,29-;20-,21+,27-,28-;/m00./s1. The van der Waals surface area contributed by atoms with Crippen LogP contribution in [0.5, 0.6) is 0 Å². The third-order valence-electron chi connectivity index (χ3n) is 15.2. The number of hydrogen-bond donors (Lipinski definition) is 7. The third kappa shape index (κ3) is 22.8. The summed E-state index contributed by atoms with van der Waals surface area (Å²) in [6.07, 6.45) is 2.70. The van der Waals surface area contributed by atoms with Crippen molar-refractivity contribution in [3.63, 3.8) is 0 Å². The molecule has 0 bridgehead atoms. The molecule has 18 nitrogen and oxygen atoms in total. The van der Waals surface area contributed by atoms with Gasteiger partial charge in [0.1, 0.15) is 42.3 Å². The molecule has 2 aliphatic heterocycles. The first kappa shape index (κ1) is 72.2. The summed E-state index contributed by atoms with van der Waals surface area (Å²) in [4.78, 5) is 102. The number of amides is 4. The van der Waals surface area contributed by atoms with Crippen LogP contribution in [0.4, 0.5) is 0 Å². The molecule has 4 aromatic carbocycles. The van der Waals surface area contributed by atoms with Gasteiger partial charge in [-0.1, -0.05) is 155 Å². The molecule has 6 rings (SSSR count). The number of halogens is 3. The summed E-state index contributed by atoms with van der Waals surface area (Å²) < 4.78 is 3.29. The van der Waals surface area contributed by atoms with Crippen LogP contribution in [0.2, 0.25) is 0 Å². The van der Waals surface area contributed by atoms with E-state index in [1.165, 1.54) is 10.0 Å². The van der Waals surface area contributed by atoms with Gasteiger partial charge in [0.15, 0.2) is 0 Å². The van der Waals surface area contributed by atoms with Crippen LogP contribution in [0.15, 0.2) is 97.1 Å². The van der Waals surface area contributed by atoms with Gasteiger partial charge in [-0.05, 0) is 135 Å². The normalized spacial score (nSPS) is 17.3. The van der Waals surface area contributed by atoms with Gasteiger partial charge >= 0.3 is 11.9 Å². The maximum absolute atomic E-state index is 13.2. The molecule has 0 radical (unpaired) electrons. The van der Waals surface area contributed by atoms with E-state index in [4.69, 9.17) is 39.5 Å². The highest BCUT2D eigenvalue weighted by Gasteiger charge is 2.36. The van der Waals surface area contributed by atoms with E-state index in [-0.39, 0.29) is 61.9 Å². The highest BCUT2D eigenvalue weighted by molar-refractivity contribution is 6.67. The van der Waals surface area contributed by atoms with Gasteiger partial charge in [0.2, 0.25) is 15.6 Å². The van der Waals surface area contributed by atoms with E-state index in [2.05, 4.69) is 21.5 Å². The molecular formula is C65H87Cl3N6O12. The van der Waals surface area contributed by atoms with Crippen molar-refractivity contribution in [2.75, 3.05) is 19.7 Å². The van der Waals surface area contributed by atoms with Gasteiger partial charge in [0, 0.05) is 50.6 Å². The van der Waals surface area contributed by atoms with Crippen LogP contribution in [0.25, 0.3) is 22.3 Å².